The molecule has 21 heavy (non-hydrogen) atoms. The molecule has 0 aliphatic carbocycles. The van der Waals surface area contributed by atoms with Crippen molar-refractivity contribution in [2.45, 2.75) is 30.0 Å². The summed E-state index contributed by atoms with van der Waals surface area (Å²) < 4.78 is 0.961. The lowest BCUT2D eigenvalue weighted by atomic mass is 10.1. The Balaban J connectivity index is 1.91. The fraction of sp³-hybridized carbons (Fsp3) is 0.188. The number of imidazole rings is 1. The van der Waals surface area contributed by atoms with Gasteiger partial charge in [0.1, 0.15) is 0 Å². The van der Waals surface area contributed by atoms with E-state index in [1.54, 1.807) is 18.7 Å². The number of hydrogen-bond donors (Lipinski definition) is 2. The van der Waals surface area contributed by atoms with Crippen molar-refractivity contribution in [2.24, 2.45) is 0 Å². The average molecular weight is 363 g/mol. The first-order chi connectivity index (χ1) is 10.0. The highest BCUT2D eigenvalue weighted by Crippen LogP contribution is 2.34. The molecular weight excluding hydrogens is 348 g/mol. The summed E-state index contributed by atoms with van der Waals surface area (Å²) in [4.78, 5) is 8.98. The zero-order chi connectivity index (χ0) is 15.0. The van der Waals surface area contributed by atoms with Crippen LogP contribution in [0, 0.1) is 6.92 Å². The van der Waals surface area contributed by atoms with Crippen molar-refractivity contribution < 1.29 is 5.11 Å². The molecule has 3 nitrogen and oxygen atoms in total. The summed E-state index contributed by atoms with van der Waals surface area (Å²) in [6, 6.07) is 12.1. The van der Waals surface area contributed by atoms with Crippen molar-refractivity contribution in [3.05, 3.63) is 52.0 Å². The van der Waals surface area contributed by atoms with Crippen molar-refractivity contribution in [2.75, 3.05) is 0 Å². The lowest BCUT2D eigenvalue weighted by Gasteiger charge is -2.07. The van der Waals surface area contributed by atoms with Crippen LogP contribution in [0.15, 0.2) is 50.9 Å². The Hall–Kier alpha value is -1.30. The quantitative estimate of drug-likeness (QED) is 0.700. The van der Waals surface area contributed by atoms with Crippen LogP contribution in [0.5, 0.6) is 0 Å². The van der Waals surface area contributed by atoms with E-state index in [-0.39, 0.29) is 0 Å². The minimum Gasteiger partial charge on any atom is -0.389 e. The predicted octanol–water partition coefficient (Wildman–Crippen LogP) is 4.84. The lowest BCUT2D eigenvalue weighted by molar-refractivity contribution is 0.199. The van der Waals surface area contributed by atoms with Gasteiger partial charge < -0.3 is 10.1 Å². The third kappa shape index (κ3) is 3.15. The third-order valence-electron chi connectivity index (χ3n) is 3.26. The molecule has 2 aromatic carbocycles. The van der Waals surface area contributed by atoms with E-state index in [4.69, 9.17) is 0 Å². The zero-order valence-corrected chi connectivity index (χ0v) is 14.1. The van der Waals surface area contributed by atoms with Gasteiger partial charge in [0.05, 0.1) is 17.1 Å². The second-order valence-electron chi connectivity index (χ2n) is 5.03. The largest absolute Gasteiger partial charge is 0.389 e. The van der Waals surface area contributed by atoms with Gasteiger partial charge in [0.25, 0.3) is 0 Å². The molecule has 0 radical (unpaired) electrons. The van der Waals surface area contributed by atoms with E-state index >= 15 is 0 Å². The molecule has 1 unspecified atom stereocenters. The molecule has 2 N–H and O–H groups in total. The van der Waals surface area contributed by atoms with Crippen molar-refractivity contribution in [3.63, 3.8) is 0 Å². The molecule has 1 heterocycles. The topological polar surface area (TPSA) is 48.9 Å². The molecule has 0 amide bonds. The van der Waals surface area contributed by atoms with Crippen LogP contribution in [0.3, 0.4) is 0 Å². The summed E-state index contributed by atoms with van der Waals surface area (Å²) in [5.41, 5.74) is 4.13. The molecule has 0 bridgehead atoms. The maximum absolute atomic E-state index is 9.60. The Morgan fingerprint density at radius 1 is 1.24 bits per heavy atom. The Kier molecular flexibility index (Phi) is 4.06. The second kappa shape index (κ2) is 5.83. The van der Waals surface area contributed by atoms with Crippen LogP contribution in [0.2, 0.25) is 0 Å². The van der Waals surface area contributed by atoms with Crippen molar-refractivity contribution in [1.29, 1.82) is 0 Å². The van der Waals surface area contributed by atoms with E-state index in [0.717, 1.165) is 31.1 Å². The summed E-state index contributed by atoms with van der Waals surface area (Å²) in [6.07, 6.45) is -0.463. The highest BCUT2D eigenvalue weighted by atomic mass is 79.9. The minimum absolute atomic E-state index is 0.463. The molecule has 5 heteroatoms. The van der Waals surface area contributed by atoms with E-state index in [1.807, 2.05) is 24.3 Å². The molecule has 0 aliphatic heterocycles. The van der Waals surface area contributed by atoms with E-state index in [9.17, 15) is 5.11 Å². The molecule has 0 saturated heterocycles. The number of H-pyrrole nitrogens is 1. The van der Waals surface area contributed by atoms with Gasteiger partial charge in [-0.05, 0) is 65.2 Å². The number of fused-ring (bicyclic) bond motifs is 1. The van der Waals surface area contributed by atoms with Crippen LogP contribution >= 0.6 is 27.7 Å². The van der Waals surface area contributed by atoms with E-state index < -0.39 is 6.10 Å². The van der Waals surface area contributed by atoms with Crippen LogP contribution < -0.4 is 0 Å². The van der Waals surface area contributed by atoms with E-state index in [0.29, 0.717) is 0 Å². The molecule has 0 fully saturated rings. The molecule has 1 aromatic heterocycles. The van der Waals surface area contributed by atoms with Gasteiger partial charge in [0, 0.05) is 9.37 Å². The average Bonchev–Trinajstić information content (AvgIpc) is 2.82. The monoisotopic (exact) mass is 362 g/mol. The summed E-state index contributed by atoms with van der Waals surface area (Å²) in [5, 5.41) is 10.5. The maximum Gasteiger partial charge on any atom is 0.171 e. The number of benzene rings is 2. The maximum atomic E-state index is 9.60. The number of nitrogens with zero attached hydrogens (tertiary/aromatic N) is 1. The van der Waals surface area contributed by atoms with Crippen LogP contribution in [0.4, 0.5) is 0 Å². The molecule has 0 spiro atoms. The summed E-state index contributed by atoms with van der Waals surface area (Å²) in [6.45, 7) is 3.83. The van der Waals surface area contributed by atoms with Gasteiger partial charge >= 0.3 is 0 Å². The highest BCUT2D eigenvalue weighted by Gasteiger charge is 2.09. The van der Waals surface area contributed by atoms with Crippen LogP contribution in [-0.4, -0.2) is 15.1 Å². The van der Waals surface area contributed by atoms with Gasteiger partial charge in [-0.3, -0.25) is 0 Å². The number of aromatic nitrogens is 2. The smallest absolute Gasteiger partial charge is 0.171 e. The van der Waals surface area contributed by atoms with Gasteiger partial charge in [-0.2, -0.15) is 0 Å². The molecule has 0 aliphatic rings. The number of aliphatic hydroxyl groups is 1. The van der Waals surface area contributed by atoms with Crippen LogP contribution in [0.1, 0.15) is 24.2 Å². The van der Waals surface area contributed by atoms with Crippen LogP contribution in [0.25, 0.3) is 11.0 Å². The van der Waals surface area contributed by atoms with Crippen molar-refractivity contribution >= 4 is 38.7 Å². The molecular formula is C16H15BrN2OS. The van der Waals surface area contributed by atoms with Gasteiger partial charge in [-0.25, -0.2) is 4.98 Å². The first-order valence-corrected chi connectivity index (χ1v) is 8.25. The molecule has 0 saturated carbocycles. The van der Waals surface area contributed by atoms with Gasteiger partial charge in [-0.15, -0.1) is 0 Å². The molecule has 3 rings (SSSR count). The Morgan fingerprint density at radius 2 is 2.05 bits per heavy atom. The SMILES string of the molecule is Cc1ccc2nc(Sc3ccc(C(C)O)cc3Br)[nH]c2c1. The summed E-state index contributed by atoms with van der Waals surface area (Å²) >= 11 is 5.13. The number of aryl methyl sites for hydroxylation is 1. The van der Waals surface area contributed by atoms with Crippen molar-refractivity contribution in [3.8, 4) is 0 Å². The van der Waals surface area contributed by atoms with Gasteiger partial charge in [0.2, 0.25) is 0 Å². The Labute approximate surface area is 135 Å². The van der Waals surface area contributed by atoms with E-state index in [1.165, 1.54) is 5.56 Å². The standard InChI is InChI=1S/C16H15BrN2OS/c1-9-3-5-13-14(7-9)19-16(18-13)21-15-6-4-11(10(2)20)8-12(15)17/h3-8,10,20H,1-2H3,(H,18,19). The second-order valence-corrected chi connectivity index (χ2v) is 6.92. The first kappa shape index (κ1) is 14.6. The third-order valence-corrected chi connectivity index (χ3v) is 5.14. The number of aromatic amines is 1. The minimum atomic E-state index is -0.463. The van der Waals surface area contributed by atoms with Gasteiger partial charge in [-0.1, -0.05) is 23.9 Å². The summed E-state index contributed by atoms with van der Waals surface area (Å²) in [7, 11) is 0. The normalized spacial score (nSPS) is 12.8. The number of rotatable bonds is 3. The number of nitrogens with one attached hydrogen (secondary N) is 1. The van der Waals surface area contributed by atoms with Gasteiger partial charge in [0.15, 0.2) is 5.16 Å². The Morgan fingerprint density at radius 3 is 2.76 bits per heavy atom. The van der Waals surface area contributed by atoms with E-state index in [2.05, 4.69) is 45.0 Å². The summed E-state index contributed by atoms with van der Waals surface area (Å²) in [5.74, 6) is 0. The predicted molar refractivity (Wildman–Crippen MR) is 89.7 cm³/mol. The van der Waals surface area contributed by atoms with Crippen LogP contribution in [-0.2, 0) is 0 Å². The zero-order valence-electron chi connectivity index (χ0n) is 11.7. The molecule has 3 aromatic rings. The Bertz CT molecular complexity index is 798. The molecule has 1 atom stereocenters. The molecule has 108 valence electrons. The van der Waals surface area contributed by atoms with Crippen molar-refractivity contribution in [1.82, 2.24) is 9.97 Å². The highest BCUT2D eigenvalue weighted by molar-refractivity contribution is 9.10. The number of halogens is 1. The first-order valence-electron chi connectivity index (χ1n) is 6.64. The number of hydrogen-bond acceptors (Lipinski definition) is 3. The number of aliphatic hydroxyl groups excluding tert-OH is 1. The fourth-order valence-electron chi connectivity index (χ4n) is 2.11. The lowest BCUT2D eigenvalue weighted by Crippen LogP contribution is -1.91. The fourth-order valence-corrected chi connectivity index (χ4v) is 3.56.